The molecule has 0 bridgehead atoms. The van der Waals surface area contributed by atoms with Gasteiger partial charge in [0.1, 0.15) is 0 Å². The summed E-state index contributed by atoms with van der Waals surface area (Å²) in [5, 5.41) is 0. The Morgan fingerprint density at radius 3 is 2.73 bits per heavy atom. The van der Waals surface area contributed by atoms with E-state index in [2.05, 4.69) is 4.99 Å². The van der Waals surface area contributed by atoms with Crippen molar-refractivity contribution >= 4 is 17.9 Å². The van der Waals surface area contributed by atoms with Crippen molar-refractivity contribution in [1.29, 1.82) is 0 Å². The van der Waals surface area contributed by atoms with Gasteiger partial charge in [0.2, 0.25) is 0 Å². The molecular formula is C12H11NO2. The summed E-state index contributed by atoms with van der Waals surface area (Å²) in [6, 6.07) is 0. The molecule has 3 heteroatoms. The molecule has 1 amide bonds. The number of nitrogens with zero attached hydrogens (tertiary/aromatic N) is 1. The first-order valence-electron chi connectivity index (χ1n) is 4.78. The molecule has 0 radical (unpaired) electrons. The van der Waals surface area contributed by atoms with Gasteiger partial charge in [-0.1, -0.05) is 17.7 Å². The number of carbonyl (C=O) groups is 2. The highest BCUT2D eigenvalue weighted by atomic mass is 16.2. The average Bonchev–Trinajstić information content (AvgIpc) is 2.16. The maximum atomic E-state index is 11.4. The number of allylic oxidation sites excluding steroid dienone is 5. The molecule has 2 rings (SSSR count). The number of carbonyl (C=O) groups excluding carboxylic acids is 2. The largest absolute Gasteiger partial charge is 0.298 e. The second kappa shape index (κ2) is 3.42. The van der Waals surface area contributed by atoms with E-state index in [1.54, 1.807) is 6.08 Å². The average molecular weight is 201 g/mol. The Hall–Kier alpha value is -1.77. The number of hydrogen-bond acceptors (Lipinski definition) is 2. The zero-order valence-corrected chi connectivity index (χ0v) is 8.65. The van der Waals surface area contributed by atoms with E-state index in [9.17, 15) is 9.59 Å². The van der Waals surface area contributed by atoms with Crippen molar-refractivity contribution in [2.45, 2.75) is 13.8 Å². The normalized spacial score (nSPS) is 24.7. The van der Waals surface area contributed by atoms with Gasteiger partial charge in [0.15, 0.2) is 6.29 Å². The molecular weight excluding hydrogens is 190 g/mol. The summed E-state index contributed by atoms with van der Waals surface area (Å²) in [5.74, 6) is -0.443. The van der Waals surface area contributed by atoms with Crippen LogP contribution in [0.1, 0.15) is 13.8 Å². The molecule has 1 heterocycles. The molecule has 1 aliphatic heterocycles. The second-order valence-corrected chi connectivity index (χ2v) is 3.84. The summed E-state index contributed by atoms with van der Waals surface area (Å²) in [4.78, 5) is 25.9. The molecule has 0 aromatic rings. The van der Waals surface area contributed by atoms with Crippen LogP contribution in [0.3, 0.4) is 0 Å². The SMILES string of the molecule is CC1=CC2=NC(=O)C(C=O)=CC2C(C)=C1. The highest BCUT2D eigenvalue weighted by Crippen LogP contribution is 2.26. The fraction of sp³-hybridized carbons (Fsp3) is 0.250. The summed E-state index contributed by atoms with van der Waals surface area (Å²) in [5.41, 5.74) is 3.09. The van der Waals surface area contributed by atoms with Crippen molar-refractivity contribution < 1.29 is 9.59 Å². The van der Waals surface area contributed by atoms with E-state index in [1.165, 1.54) is 0 Å². The summed E-state index contributed by atoms with van der Waals surface area (Å²) in [6.45, 7) is 3.94. The van der Waals surface area contributed by atoms with Crippen molar-refractivity contribution in [3.63, 3.8) is 0 Å². The molecule has 2 aliphatic rings. The number of fused-ring (bicyclic) bond motifs is 1. The molecule has 0 saturated carbocycles. The summed E-state index contributed by atoms with van der Waals surface area (Å²) in [6.07, 6.45) is 6.18. The van der Waals surface area contributed by atoms with Crippen molar-refractivity contribution in [3.05, 3.63) is 34.9 Å². The summed E-state index contributed by atoms with van der Waals surface area (Å²) in [7, 11) is 0. The third-order valence-electron chi connectivity index (χ3n) is 2.59. The Morgan fingerprint density at radius 1 is 1.33 bits per heavy atom. The van der Waals surface area contributed by atoms with Gasteiger partial charge in [-0.25, -0.2) is 4.99 Å². The summed E-state index contributed by atoms with van der Waals surface area (Å²) >= 11 is 0. The molecule has 0 aromatic heterocycles. The first-order valence-corrected chi connectivity index (χ1v) is 4.78. The molecule has 1 aliphatic carbocycles. The Kier molecular flexibility index (Phi) is 2.23. The number of rotatable bonds is 1. The third kappa shape index (κ3) is 1.61. The smallest absolute Gasteiger partial charge is 0.280 e. The van der Waals surface area contributed by atoms with Crippen LogP contribution in [0.15, 0.2) is 39.9 Å². The van der Waals surface area contributed by atoms with Gasteiger partial charge < -0.3 is 0 Å². The zero-order chi connectivity index (χ0) is 11.0. The van der Waals surface area contributed by atoms with E-state index in [1.807, 2.05) is 26.0 Å². The Balaban J connectivity index is 2.48. The lowest BCUT2D eigenvalue weighted by molar-refractivity contribution is -0.116. The molecule has 0 N–H and O–H groups in total. The number of dihydropyridines is 1. The van der Waals surface area contributed by atoms with Gasteiger partial charge >= 0.3 is 0 Å². The standard InChI is InChI=1S/C12H11NO2/c1-7-3-8(2)10-5-9(6-14)12(15)13-11(10)4-7/h3-6,10H,1-2H3. The van der Waals surface area contributed by atoms with E-state index < -0.39 is 5.91 Å². The fourth-order valence-electron chi connectivity index (χ4n) is 1.89. The number of amides is 1. The van der Waals surface area contributed by atoms with Gasteiger partial charge in [-0.15, -0.1) is 0 Å². The van der Waals surface area contributed by atoms with E-state index in [4.69, 9.17) is 0 Å². The Bertz CT molecular complexity index is 464. The molecule has 76 valence electrons. The highest BCUT2D eigenvalue weighted by Gasteiger charge is 2.25. The third-order valence-corrected chi connectivity index (χ3v) is 2.59. The minimum atomic E-state index is -0.435. The molecule has 0 spiro atoms. The van der Waals surface area contributed by atoms with Crippen molar-refractivity contribution in [3.8, 4) is 0 Å². The second-order valence-electron chi connectivity index (χ2n) is 3.84. The van der Waals surface area contributed by atoms with Gasteiger partial charge in [0.05, 0.1) is 11.3 Å². The topological polar surface area (TPSA) is 46.5 Å². The van der Waals surface area contributed by atoms with Crippen LogP contribution in [0, 0.1) is 5.92 Å². The predicted octanol–water partition coefficient (Wildman–Crippen LogP) is 1.62. The number of aldehydes is 1. The first-order chi connectivity index (χ1) is 7.11. The van der Waals surface area contributed by atoms with Gasteiger partial charge in [0.25, 0.3) is 5.91 Å². The van der Waals surface area contributed by atoms with Crippen molar-refractivity contribution in [2.75, 3.05) is 0 Å². The van der Waals surface area contributed by atoms with Crippen molar-refractivity contribution in [1.82, 2.24) is 0 Å². The van der Waals surface area contributed by atoms with Gasteiger partial charge in [-0.2, -0.15) is 0 Å². The molecule has 1 unspecified atom stereocenters. The first kappa shape index (κ1) is 9.77. The van der Waals surface area contributed by atoms with E-state index in [-0.39, 0.29) is 11.5 Å². The molecule has 0 saturated heterocycles. The molecule has 0 aromatic carbocycles. The van der Waals surface area contributed by atoms with Gasteiger partial charge in [-0.05, 0) is 25.5 Å². The van der Waals surface area contributed by atoms with E-state index in [0.29, 0.717) is 6.29 Å². The van der Waals surface area contributed by atoms with Crippen LogP contribution in [0.25, 0.3) is 0 Å². The minimum Gasteiger partial charge on any atom is -0.298 e. The van der Waals surface area contributed by atoms with Crippen LogP contribution in [0.4, 0.5) is 0 Å². The van der Waals surface area contributed by atoms with E-state index >= 15 is 0 Å². The molecule has 15 heavy (non-hydrogen) atoms. The van der Waals surface area contributed by atoms with Crippen molar-refractivity contribution in [2.24, 2.45) is 10.9 Å². The maximum Gasteiger partial charge on any atom is 0.280 e. The zero-order valence-electron chi connectivity index (χ0n) is 8.65. The monoisotopic (exact) mass is 201 g/mol. The highest BCUT2D eigenvalue weighted by molar-refractivity contribution is 6.20. The predicted molar refractivity (Wildman–Crippen MR) is 57.6 cm³/mol. The lowest BCUT2D eigenvalue weighted by atomic mass is 9.85. The van der Waals surface area contributed by atoms with Crippen LogP contribution in [0.5, 0.6) is 0 Å². The quantitative estimate of drug-likeness (QED) is 0.478. The Morgan fingerprint density at radius 2 is 2.07 bits per heavy atom. The molecule has 3 nitrogen and oxygen atoms in total. The maximum absolute atomic E-state index is 11.4. The lowest BCUT2D eigenvalue weighted by Crippen LogP contribution is -2.23. The van der Waals surface area contributed by atoms with E-state index in [0.717, 1.165) is 16.9 Å². The number of hydrogen-bond donors (Lipinski definition) is 0. The van der Waals surface area contributed by atoms with Crippen LogP contribution in [-0.4, -0.2) is 17.9 Å². The van der Waals surface area contributed by atoms with Gasteiger partial charge in [0, 0.05) is 5.92 Å². The minimum absolute atomic E-state index is 0.00778. The molecule has 0 fully saturated rings. The fourth-order valence-corrected chi connectivity index (χ4v) is 1.89. The van der Waals surface area contributed by atoms with Gasteiger partial charge in [-0.3, -0.25) is 9.59 Å². The summed E-state index contributed by atoms with van der Waals surface area (Å²) < 4.78 is 0. The molecule has 1 atom stereocenters. The van der Waals surface area contributed by atoms with Crippen LogP contribution < -0.4 is 0 Å². The van der Waals surface area contributed by atoms with Crippen LogP contribution in [-0.2, 0) is 9.59 Å². The number of aliphatic imine (C=N–C) groups is 1. The lowest BCUT2D eigenvalue weighted by Gasteiger charge is -2.22. The van der Waals surface area contributed by atoms with Crippen LogP contribution in [0.2, 0.25) is 0 Å². The van der Waals surface area contributed by atoms with Crippen LogP contribution >= 0.6 is 0 Å². The Labute approximate surface area is 87.9 Å².